The van der Waals surface area contributed by atoms with Crippen LogP contribution in [0.2, 0.25) is 0 Å². The topological polar surface area (TPSA) is 55.4 Å². The minimum Gasteiger partial charge on any atom is -0.497 e. The molecule has 0 aliphatic rings. The first-order valence-corrected chi connectivity index (χ1v) is 9.03. The van der Waals surface area contributed by atoms with E-state index in [0.717, 1.165) is 16.9 Å². The van der Waals surface area contributed by atoms with Crippen molar-refractivity contribution >= 4 is 16.1 Å². The van der Waals surface area contributed by atoms with E-state index in [0.29, 0.717) is 0 Å². The van der Waals surface area contributed by atoms with Crippen molar-refractivity contribution in [2.24, 2.45) is 0 Å². The lowest BCUT2D eigenvalue weighted by atomic mass is 10.2. The van der Waals surface area contributed by atoms with Crippen molar-refractivity contribution in [2.45, 2.75) is 11.8 Å². The molecule has 2 aromatic carbocycles. The van der Waals surface area contributed by atoms with Crippen LogP contribution < -0.4 is 9.46 Å². The predicted molar refractivity (Wildman–Crippen MR) is 97.5 cm³/mol. The van der Waals surface area contributed by atoms with Gasteiger partial charge in [-0.2, -0.15) is 0 Å². The summed E-state index contributed by atoms with van der Waals surface area (Å²) < 4.78 is 31.8. The van der Waals surface area contributed by atoms with E-state index in [1.807, 2.05) is 49.4 Å². The highest BCUT2D eigenvalue weighted by molar-refractivity contribution is 7.89. The number of aryl methyl sites for hydroxylation is 1. The number of allylic oxidation sites excluding steroid dienone is 2. The van der Waals surface area contributed by atoms with Crippen LogP contribution in [0.1, 0.15) is 11.1 Å². The molecule has 2 rings (SSSR count). The fourth-order valence-electron chi connectivity index (χ4n) is 1.99. The summed E-state index contributed by atoms with van der Waals surface area (Å²) in [6.45, 7) is 2.16. The standard InChI is InChI=1S/C19H21NO3S/c1-16-7-13-19(14-8-16)24(21,22)20-15-5-3-4-6-17-9-11-18(23-2)12-10-17/h3-14,20H,15H2,1-2H3/b5-3+,6-4+. The van der Waals surface area contributed by atoms with Crippen molar-refractivity contribution in [2.75, 3.05) is 13.7 Å². The second kappa shape index (κ2) is 8.47. The second-order valence-corrected chi connectivity index (χ2v) is 6.99. The first-order valence-electron chi connectivity index (χ1n) is 7.55. The highest BCUT2D eigenvalue weighted by atomic mass is 32.2. The molecule has 24 heavy (non-hydrogen) atoms. The van der Waals surface area contributed by atoms with Gasteiger partial charge in [0.1, 0.15) is 5.75 Å². The first-order chi connectivity index (χ1) is 11.5. The first kappa shape index (κ1) is 18.0. The lowest BCUT2D eigenvalue weighted by Gasteiger charge is -2.04. The maximum absolute atomic E-state index is 12.1. The minimum atomic E-state index is -3.46. The molecule has 0 spiro atoms. The van der Waals surface area contributed by atoms with E-state index < -0.39 is 10.0 Å². The number of methoxy groups -OCH3 is 1. The Kier molecular flexibility index (Phi) is 6.35. The van der Waals surface area contributed by atoms with E-state index >= 15 is 0 Å². The lowest BCUT2D eigenvalue weighted by molar-refractivity contribution is 0.415. The number of hydrogen-bond donors (Lipinski definition) is 1. The SMILES string of the molecule is COc1ccc(/C=C/C=C/CNS(=O)(=O)c2ccc(C)cc2)cc1. The van der Waals surface area contributed by atoms with Crippen LogP contribution in [0, 0.1) is 6.92 Å². The van der Waals surface area contributed by atoms with Crippen molar-refractivity contribution < 1.29 is 13.2 Å². The summed E-state index contributed by atoms with van der Waals surface area (Å²) in [4.78, 5) is 0.273. The van der Waals surface area contributed by atoms with Gasteiger partial charge < -0.3 is 4.74 Å². The van der Waals surface area contributed by atoms with Gasteiger partial charge in [-0.05, 0) is 36.8 Å². The molecular weight excluding hydrogens is 322 g/mol. The zero-order chi connectivity index (χ0) is 17.4. The lowest BCUT2D eigenvalue weighted by Crippen LogP contribution is -2.23. The Morgan fingerprint density at radius 1 is 1.00 bits per heavy atom. The van der Waals surface area contributed by atoms with Gasteiger partial charge in [-0.1, -0.05) is 54.1 Å². The third-order valence-electron chi connectivity index (χ3n) is 3.37. The largest absolute Gasteiger partial charge is 0.497 e. The number of sulfonamides is 1. The average Bonchev–Trinajstić information content (AvgIpc) is 2.59. The van der Waals surface area contributed by atoms with Gasteiger partial charge in [0.05, 0.1) is 12.0 Å². The maximum atomic E-state index is 12.1. The van der Waals surface area contributed by atoms with Gasteiger partial charge in [0.15, 0.2) is 0 Å². The third-order valence-corrected chi connectivity index (χ3v) is 4.81. The normalized spacial score (nSPS) is 12.1. The van der Waals surface area contributed by atoms with E-state index in [-0.39, 0.29) is 11.4 Å². The smallest absolute Gasteiger partial charge is 0.240 e. The Morgan fingerprint density at radius 3 is 2.29 bits per heavy atom. The fraction of sp³-hybridized carbons (Fsp3) is 0.158. The van der Waals surface area contributed by atoms with Gasteiger partial charge in [0, 0.05) is 6.54 Å². The molecule has 5 heteroatoms. The molecule has 0 aliphatic carbocycles. The molecule has 0 unspecified atom stereocenters. The van der Waals surface area contributed by atoms with E-state index in [1.165, 1.54) is 0 Å². The summed E-state index contributed by atoms with van der Waals surface area (Å²) in [7, 11) is -1.83. The van der Waals surface area contributed by atoms with Crippen LogP contribution >= 0.6 is 0 Å². The Morgan fingerprint density at radius 2 is 1.67 bits per heavy atom. The van der Waals surface area contributed by atoms with E-state index in [2.05, 4.69) is 4.72 Å². The highest BCUT2D eigenvalue weighted by Crippen LogP contribution is 2.12. The molecule has 0 radical (unpaired) electrons. The number of ether oxygens (including phenoxy) is 1. The molecule has 0 fully saturated rings. The average molecular weight is 343 g/mol. The molecule has 1 N–H and O–H groups in total. The Balaban J connectivity index is 1.85. The zero-order valence-corrected chi connectivity index (χ0v) is 14.6. The van der Waals surface area contributed by atoms with Crippen LogP contribution in [0.5, 0.6) is 5.75 Å². The molecule has 4 nitrogen and oxygen atoms in total. The number of rotatable bonds is 7. The fourth-order valence-corrected chi connectivity index (χ4v) is 2.96. The number of hydrogen-bond acceptors (Lipinski definition) is 3. The van der Waals surface area contributed by atoms with Crippen molar-refractivity contribution in [3.05, 3.63) is 77.9 Å². The van der Waals surface area contributed by atoms with Crippen molar-refractivity contribution in [1.82, 2.24) is 4.72 Å². The molecule has 126 valence electrons. The van der Waals surface area contributed by atoms with Crippen LogP contribution in [0.25, 0.3) is 6.08 Å². The van der Waals surface area contributed by atoms with Crippen LogP contribution in [0.15, 0.2) is 71.7 Å². The van der Waals surface area contributed by atoms with Crippen LogP contribution in [-0.2, 0) is 10.0 Å². The van der Waals surface area contributed by atoms with Crippen LogP contribution in [-0.4, -0.2) is 22.1 Å². The predicted octanol–water partition coefficient (Wildman–Crippen LogP) is 3.55. The Labute approximate surface area is 143 Å². The maximum Gasteiger partial charge on any atom is 0.240 e. The monoisotopic (exact) mass is 343 g/mol. The van der Waals surface area contributed by atoms with Gasteiger partial charge in [-0.25, -0.2) is 13.1 Å². The Bertz CT molecular complexity index is 805. The van der Waals surface area contributed by atoms with Gasteiger partial charge in [0.25, 0.3) is 0 Å². The molecule has 0 aromatic heterocycles. The third kappa shape index (κ3) is 5.37. The number of nitrogens with one attached hydrogen (secondary N) is 1. The molecule has 0 aliphatic heterocycles. The molecule has 0 saturated carbocycles. The summed E-state index contributed by atoms with van der Waals surface area (Å²) in [5.41, 5.74) is 2.07. The van der Waals surface area contributed by atoms with Crippen LogP contribution in [0.4, 0.5) is 0 Å². The molecular formula is C19H21NO3S. The summed E-state index contributed by atoms with van der Waals surface area (Å²) in [5.74, 6) is 0.813. The molecule has 0 saturated heterocycles. The van der Waals surface area contributed by atoms with Crippen molar-refractivity contribution in [3.63, 3.8) is 0 Å². The molecule has 0 atom stereocenters. The Hall–Kier alpha value is -2.37. The zero-order valence-electron chi connectivity index (χ0n) is 13.8. The summed E-state index contributed by atoms with van der Waals surface area (Å²) in [5, 5.41) is 0. The van der Waals surface area contributed by atoms with E-state index in [4.69, 9.17) is 4.74 Å². The summed E-state index contributed by atoms with van der Waals surface area (Å²) in [6, 6.07) is 14.4. The highest BCUT2D eigenvalue weighted by Gasteiger charge is 2.11. The minimum absolute atomic E-state index is 0.239. The van der Waals surface area contributed by atoms with E-state index in [9.17, 15) is 8.42 Å². The quantitative estimate of drug-likeness (QED) is 0.782. The van der Waals surface area contributed by atoms with Gasteiger partial charge in [-0.3, -0.25) is 0 Å². The second-order valence-electron chi connectivity index (χ2n) is 5.23. The summed E-state index contributed by atoms with van der Waals surface area (Å²) >= 11 is 0. The van der Waals surface area contributed by atoms with Crippen LogP contribution in [0.3, 0.4) is 0 Å². The summed E-state index contributed by atoms with van der Waals surface area (Å²) in [6.07, 6.45) is 7.36. The molecule has 0 amide bonds. The molecule has 0 heterocycles. The van der Waals surface area contributed by atoms with Gasteiger partial charge in [-0.15, -0.1) is 0 Å². The van der Waals surface area contributed by atoms with Gasteiger partial charge in [0.2, 0.25) is 10.0 Å². The van der Waals surface area contributed by atoms with Gasteiger partial charge >= 0.3 is 0 Å². The van der Waals surface area contributed by atoms with Crippen molar-refractivity contribution in [3.8, 4) is 5.75 Å². The number of benzene rings is 2. The van der Waals surface area contributed by atoms with Crippen molar-refractivity contribution in [1.29, 1.82) is 0 Å². The molecule has 2 aromatic rings. The molecule has 0 bridgehead atoms. The van der Waals surface area contributed by atoms with E-state index in [1.54, 1.807) is 37.5 Å².